The van der Waals surface area contributed by atoms with E-state index in [0.717, 1.165) is 26.2 Å². The molecule has 0 bridgehead atoms. The van der Waals surface area contributed by atoms with Gasteiger partial charge in [0.1, 0.15) is 0 Å². The Morgan fingerprint density at radius 1 is 1.05 bits per heavy atom. The molecule has 0 spiro atoms. The minimum atomic E-state index is 0.562. The number of nitrogens with zero attached hydrogens (tertiary/aromatic N) is 1. The minimum absolute atomic E-state index is 0.562. The molecule has 0 unspecified atom stereocenters. The van der Waals surface area contributed by atoms with Gasteiger partial charge in [0.05, 0.1) is 0 Å². The zero-order valence-corrected chi connectivity index (χ0v) is 11.6. The van der Waals surface area contributed by atoms with Crippen molar-refractivity contribution in [2.75, 3.05) is 26.2 Å². The summed E-state index contributed by atoms with van der Waals surface area (Å²) in [6, 6.07) is 16.1. The maximum atomic E-state index is 3.43. The van der Waals surface area contributed by atoms with Gasteiger partial charge in [-0.05, 0) is 28.8 Å². The average molecular weight is 254 g/mol. The van der Waals surface area contributed by atoms with Crippen molar-refractivity contribution in [3.05, 3.63) is 48.0 Å². The Bertz CT molecular complexity index is 544. The summed E-state index contributed by atoms with van der Waals surface area (Å²) in [6.45, 7) is 6.84. The van der Waals surface area contributed by atoms with Crippen LogP contribution in [0.1, 0.15) is 24.9 Å². The predicted octanol–water partition coefficient (Wildman–Crippen LogP) is 3.20. The molecule has 1 aliphatic rings. The van der Waals surface area contributed by atoms with E-state index in [1.165, 1.54) is 22.8 Å². The van der Waals surface area contributed by atoms with Crippen LogP contribution in [0.5, 0.6) is 0 Å². The summed E-state index contributed by atoms with van der Waals surface area (Å²) >= 11 is 0. The first kappa shape index (κ1) is 12.6. The first-order chi connectivity index (χ1) is 9.38. The van der Waals surface area contributed by atoms with Crippen LogP contribution in [0.15, 0.2) is 42.5 Å². The van der Waals surface area contributed by atoms with Gasteiger partial charge in [-0.1, -0.05) is 43.3 Å². The van der Waals surface area contributed by atoms with E-state index in [-0.39, 0.29) is 0 Å². The maximum absolute atomic E-state index is 3.43. The van der Waals surface area contributed by atoms with Gasteiger partial charge in [-0.25, -0.2) is 0 Å². The Labute approximate surface area is 115 Å². The molecule has 1 saturated heterocycles. The van der Waals surface area contributed by atoms with Crippen molar-refractivity contribution < 1.29 is 0 Å². The largest absolute Gasteiger partial charge is 0.314 e. The molecule has 19 heavy (non-hydrogen) atoms. The second kappa shape index (κ2) is 5.72. The second-order valence-corrected chi connectivity index (χ2v) is 5.32. The summed E-state index contributed by atoms with van der Waals surface area (Å²) in [5.74, 6) is 0. The van der Waals surface area contributed by atoms with Gasteiger partial charge in [0.2, 0.25) is 0 Å². The van der Waals surface area contributed by atoms with Crippen LogP contribution < -0.4 is 5.32 Å². The second-order valence-electron chi connectivity index (χ2n) is 5.32. The molecule has 100 valence electrons. The SMILES string of the molecule is CC[C@H](c1ccc2ccccc2c1)N1CCNCC1. The van der Waals surface area contributed by atoms with Crippen molar-refractivity contribution in [3.63, 3.8) is 0 Å². The van der Waals surface area contributed by atoms with Crippen LogP contribution in [-0.4, -0.2) is 31.1 Å². The lowest BCUT2D eigenvalue weighted by molar-refractivity contribution is 0.169. The summed E-state index contributed by atoms with van der Waals surface area (Å²) in [5.41, 5.74) is 1.46. The van der Waals surface area contributed by atoms with Gasteiger partial charge in [-0.15, -0.1) is 0 Å². The Hall–Kier alpha value is -1.38. The maximum Gasteiger partial charge on any atom is 0.0346 e. The van der Waals surface area contributed by atoms with E-state index in [1.54, 1.807) is 0 Å². The lowest BCUT2D eigenvalue weighted by atomic mass is 9.98. The third kappa shape index (κ3) is 2.65. The fraction of sp³-hybridized carbons (Fsp3) is 0.412. The highest BCUT2D eigenvalue weighted by molar-refractivity contribution is 5.83. The van der Waals surface area contributed by atoms with E-state index in [1.807, 2.05) is 0 Å². The van der Waals surface area contributed by atoms with Gasteiger partial charge in [0.25, 0.3) is 0 Å². The van der Waals surface area contributed by atoms with Gasteiger partial charge in [-0.3, -0.25) is 4.90 Å². The highest BCUT2D eigenvalue weighted by atomic mass is 15.2. The Kier molecular flexibility index (Phi) is 3.81. The fourth-order valence-electron chi connectivity index (χ4n) is 3.11. The van der Waals surface area contributed by atoms with Crippen molar-refractivity contribution in [3.8, 4) is 0 Å². The van der Waals surface area contributed by atoms with Crippen molar-refractivity contribution in [2.45, 2.75) is 19.4 Å². The molecule has 2 aromatic carbocycles. The number of benzene rings is 2. The van der Waals surface area contributed by atoms with E-state index < -0.39 is 0 Å². The molecular weight excluding hydrogens is 232 g/mol. The lowest BCUT2D eigenvalue weighted by Crippen LogP contribution is -2.45. The number of hydrogen-bond donors (Lipinski definition) is 1. The van der Waals surface area contributed by atoms with Crippen LogP contribution in [0.3, 0.4) is 0 Å². The van der Waals surface area contributed by atoms with Crippen LogP contribution in [-0.2, 0) is 0 Å². The molecule has 1 fully saturated rings. The van der Waals surface area contributed by atoms with E-state index in [0.29, 0.717) is 6.04 Å². The van der Waals surface area contributed by atoms with Crippen molar-refractivity contribution in [1.82, 2.24) is 10.2 Å². The Morgan fingerprint density at radius 2 is 1.79 bits per heavy atom. The summed E-state index contributed by atoms with van der Waals surface area (Å²) in [4.78, 5) is 2.61. The number of rotatable bonds is 3. The molecule has 2 heteroatoms. The fourth-order valence-corrected chi connectivity index (χ4v) is 3.11. The highest BCUT2D eigenvalue weighted by Gasteiger charge is 2.20. The van der Waals surface area contributed by atoms with Crippen LogP contribution in [0, 0.1) is 0 Å². The monoisotopic (exact) mass is 254 g/mol. The Morgan fingerprint density at radius 3 is 2.53 bits per heavy atom. The molecule has 1 heterocycles. The summed E-state index contributed by atoms with van der Waals surface area (Å²) < 4.78 is 0. The van der Waals surface area contributed by atoms with Gasteiger partial charge >= 0.3 is 0 Å². The molecule has 3 rings (SSSR count). The van der Waals surface area contributed by atoms with E-state index in [9.17, 15) is 0 Å². The standard InChI is InChI=1S/C17H22N2/c1-2-17(19-11-9-18-10-12-19)16-8-7-14-5-3-4-6-15(14)13-16/h3-8,13,17-18H,2,9-12H2,1H3/t17-/m1/s1. The van der Waals surface area contributed by atoms with E-state index in [4.69, 9.17) is 0 Å². The Balaban J connectivity index is 1.91. The molecule has 0 aliphatic carbocycles. The van der Waals surface area contributed by atoms with Crippen molar-refractivity contribution in [2.24, 2.45) is 0 Å². The topological polar surface area (TPSA) is 15.3 Å². The average Bonchev–Trinajstić information content (AvgIpc) is 2.49. The third-order valence-corrected chi connectivity index (χ3v) is 4.14. The minimum Gasteiger partial charge on any atom is -0.314 e. The van der Waals surface area contributed by atoms with E-state index >= 15 is 0 Å². The van der Waals surface area contributed by atoms with Crippen LogP contribution in [0.2, 0.25) is 0 Å². The highest BCUT2D eigenvalue weighted by Crippen LogP contribution is 2.27. The quantitative estimate of drug-likeness (QED) is 0.905. The van der Waals surface area contributed by atoms with Crippen LogP contribution in [0.25, 0.3) is 10.8 Å². The molecular formula is C17H22N2. The molecule has 2 aromatic rings. The number of piperazine rings is 1. The molecule has 1 atom stereocenters. The molecule has 0 aromatic heterocycles. The zero-order valence-electron chi connectivity index (χ0n) is 11.6. The summed E-state index contributed by atoms with van der Waals surface area (Å²) in [6.07, 6.45) is 1.18. The zero-order chi connectivity index (χ0) is 13.1. The lowest BCUT2D eigenvalue weighted by Gasteiger charge is -2.34. The van der Waals surface area contributed by atoms with Gasteiger partial charge in [0, 0.05) is 32.2 Å². The summed E-state index contributed by atoms with van der Waals surface area (Å²) in [7, 11) is 0. The molecule has 1 aliphatic heterocycles. The van der Waals surface area contributed by atoms with Gasteiger partial charge in [-0.2, -0.15) is 0 Å². The third-order valence-electron chi connectivity index (χ3n) is 4.14. The van der Waals surface area contributed by atoms with Gasteiger partial charge < -0.3 is 5.32 Å². The van der Waals surface area contributed by atoms with Crippen molar-refractivity contribution in [1.29, 1.82) is 0 Å². The van der Waals surface area contributed by atoms with Crippen LogP contribution >= 0.6 is 0 Å². The number of fused-ring (bicyclic) bond motifs is 1. The smallest absolute Gasteiger partial charge is 0.0346 e. The van der Waals surface area contributed by atoms with Crippen LogP contribution in [0.4, 0.5) is 0 Å². The normalized spacial score (nSPS) is 18.6. The number of hydrogen-bond acceptors (Lipinski definition) is 2. The first-order valence-corrected chi connectivity index (χ1v) is 7.32. The molecule has 2 nitrogen and oxygen atoms in total. The summed E-state index contributed by atoms with van der Waals surface area (Å²) in [5, 5.41) is 6.12. The van der Waals surface area contributed by atoms with Gasteiger partial charge in [0.15, 0.2) is 0 Å². The molecule has 0 radical (unpaired) electrons. The first-order valence-electron chi connectivity index (χ1n) is 7.32. The molecule has 0 amide bonds. The molecule has 1 N–H and O–H groups in total. The molecule has 0 saturated carbocycles. The van der Waals surface area contributed by atoms with E-state index in [2.05, 4.69) is 59.6 Å². The predicted molar refractivity (Wildman–Crippen MR) is 81.4 cm³/mol. The van der Waals surface area contributed by atoms with Crippen molar-refractivity contribution >= 4 is 10.8 Å². The number of nitrogens with one attached hydrogen (secondary N) is 1.